The highest BCUT2D eigenvalue weighted by molar-refractivity contribution is 7.93. The van der Waals surface area contributed by atoms with Gasteiger partial charge in [-0.1, -0.05) is 23.8 Å². The summed E-state index contributed by atoms with van der Waals surface area (Å²) >= 11 is 1.23. The minimum atomic E-state index is -3.62. The molecule has 0 bridgehead atoms. The second-order valence-corrected chi connectivity index (χ2v) is 7.21. The molecule has 0 aliphatic heterocycles. The second kappa shape index (κ2) is 5.86. The van der Waals surface area contributed by atoms with Crippen molar-refractivity contribution in [3.8, 4) is 11.4 Å². The van der Waals surface area contributed by atoms with Gasteiger partial charge >= 0.3 is 0 Å². The summed E-state index contributed by atoms with van der Waals surface area (Å²) in [5.74, 6) is 0. The van der Waals surface area contributed by atoms with Crippen LogP contribution in [0.5, 0.6) is 0 Å². The van der Waals surface area contributed by atoms with Crippen LogP contribution in [0.15, 0.2) is 58.9 Å². The highest BCUT2D eigenvalue weighted by Crippen LogP contribution is 2.25. The fraction of sp³-hybridized carbons (Fsp3) is 0.0667. The lowest BCUT2D eigenvalue weighted by Gasteiger charge is -2.05. The van der Waals surface area contributed by atoms with E-state index in [1.165, 1.54) is 11.3 Å². The van der Waals surface area contributed by atoms with Gasteiger partial charge in [0.2, 0.25) is 0 Å². The summed E-state index contributed by atoms with van der Waals surface area (Å²) in [5.41, 5.74) is 2.36. The molecule has 3 rings (SSSR count). The maximum Gasteiger partial charge on any atom is 0.263 e. The Morgan fingerprint density at radius 1 is 1.05 bits per heavy atom. The van der Waals surface area contributed by atoms with Gasteiger partial charge in [-0.25, -0.2) is 13.4 Å². The maximum atomic E-state index is 12.3. The Bertz CT molecular complexity index is 873. The first-order chi connectivity index (χ1) is 10.5. The van der Waals surface area contributed by atoms with Gasteiger partial charge in [-0.05, 0) is 31.2 Å². The van der Waals surface area contributed by atoms with Gasteiger partial charge in [-0.15, -0.1) is 11.3 Å². The number of benzene rings is 1. The van der Waals surface area contributed by atoms with Crippen molar-refractivity contribution in [1.29, 1.82) is 0 Å². The Morgan fingerprint density at radius 2 is 1.82 bits per heavy atom. The highest BCUT2D eigenvalue weighted by atomic mass is 32.2. The molecule has 0 aliphatic carbocycles. The third-order valence-corrected chi connectivity index (χ3v) is 5.23. The van der Waals surface area contributed by atoms with Crippen molar-refractivity contribution in [2.75, 3.05) is 4.72 Å². The van der Waals surface area contributed by atoms with Crippen molar-refractivity contribution in [3.05, 3.63) is 59.6 Å². The third kappa shape index (κ3) is 3.15. The zero-order chi connectivity index (χ0) is 15.6. The van der Waals surface area contributed by atoms with Crippen molar-refractivity contribution in [2.45, 2.75) is 11.8 Å². The molecule has 112 valence electrons. The molecule has 0 amide bonds. The van der Waals surface area contributed by atoms with Crippen LogP contribution in [0.3, 0.4) is 0 Å². The number of hydrogen-bond acceptors (Lipinski definition) is 5. The molecule has 22 heavy (non-hydrogen) atoms. The molecule has 0 saturated heterocycles. The number of aromatic nitrogens is 2. The fourth-order valence-electron chi connectivity index (χ4n) is 1.84. The topological polar surface area (TPSA) is 72.0 Å². The van der Waals surface area contributed by atoms with Crippen LogP contribution in [-0.4, -0.2) is 18.4 Å². The quantitative estimate of drug-likeness (QED) is 0.796. The van der Waals surface area contributed by atoms with Gasteiger partial charge in [0.15, 0.2) is 5.13 Å². The Morgan fingerprint density at radius 3 is 2.50 bits per heavy atom. The summed E-state index contributed by atoms with van der Waals surface area (Å²) in [5, 5.41) is 2.09. The first-order valence-corrected chi connectivity index (χ1v) is 8.87. The Hall–Kier alpha value is -2.25. The zero-order valence-corrected chi connectivity index (χ0v) is 13.4. The molecule has 0 unspecified atom stereocenters. The normalized spacial score (nSPS) is 11.3. The van der Waals surface area contributed by atoms with Crippen LogP contribution in [0.1, 0.15) is 5.56 Å². The summed E-state index contributed by atoms with van der Waals surface area (Å²) in [4.78, 5) is 8.68. The van der Waals surface area contributed by atoms with Crippen LogP contribution in [-0.2, 0) is 10.0 Å². The van der Waals surface area contributed by atoms with Crippen molar-refractivity contribution in [2.24, 2.45) is 0 Å². The maximum absolute atomic E-state index is 12.3. The molecule has 1 aromatic carbocycles. The zero-order valence-electron chi connectivity index (χ0n) is 11.7. The SMILES string of the molecule is Cc1ccc(S(=O)(=O)Nc2nc(-c3ccccn3)cs2)cc1. The van der Waals surface area contributed by atoms with Gasteiger partial charge in [0.1, 0.15) is 5.69 Å². The lowest BCUT2D eigenvalue weighted by molar-refractivity contribution is 0.601. The predicted octanol–water partition coefficient (Wildman–Crippen LogP) is 3.31. The van der Waals surface area contributed by atoms with Crippen molar-refractivity contribution in [3.63, 3.8) is 0 Å². The van der Waals surface area contributed by atoms with Gasteiger partial charge in [0.25, 0.3) is 10.0 Å². The van der Waals surface area contributed by atoms with Crippen LogP contribution in [0.25, 0.3) is 11.4 Å². The molecular weight excluding hydrogens is 318 g/mol. The number of anilines is 1. The Kier molecular flexibility index (Phi) is 3.91. The monoisotopic (exact) mass is 331 g/mol. The van der Waals surface area contributed by atoms with Gasteiger partial charge < -0.3 is 0 Å². The molecule has 0 fully saturated rings. The molecule has 3 aromatic rings. The average Bonchev–Trinajstić information content (AvgIpc) is 2.96. The van der Waals surface area contributed by atoms with E-state index in [2.05, 4.69) is 14.7 Å². The van der Waals surface area contributed by atoms with Crippen LogP contribution in [0.4, 0.5) is 5.13 Å². The fourth-order valence-corrected chi connectivity index (χ4v) is 3.80. The molecule has 0 aliphatic rings. The minimum absolute atomic E-state index is 0.215. The number of thiazole rings is 1. The lowest BCUT2D eigenvalue weighted by atomic mass is 10.2. The summed E-state index contributed by atoms with van der Waals surface area (Å²) in [6.45, 7) is 1.91. The van der Waals surface area contributed by atoms with Crippen molar-refractivity contribution < 1.29 is 8.42 Å². The van der Waals surface area contributed by atoms with E-state index < -0.39 is 10.0 Å². The second-order valence-electron chi connectivity index (χ2n) is 4.67. The number of hydrogen-bond donors (Lipinski definition) is 1. The van der Waals surface area contributed by atoms with E-state index in [0.29, 0.717) is 16.5 Å². The van der Waals surface area contributed by atoms with Gasteiger partial charge in [-0.2, -0.15) is 0 Å². The molecule has 0 atom stereocenters. The van der Waals surface area contributed by atoms with Gasteiger partial charge in [-0.3, -0.25) is 9.71 Å². The summed E-state index contributed by atoms with van der Waals surface area (Å²) < 4.78 is 27.1. The smallest absolute Gasteiger partial charge is 0.255 e. The Balaban J connectivity index is 1.84. The van der Waals surface area contributed by atoms with E-state index in [9.17, 15) is 8.42 Å². The number of pyridine rings is 1. The average molecular weight is 331 g/mol. The molecule has 0 saturated carbocycles. The highest BCUT2D eigenvalue weighted by Gasteiger charge is 2.16. The number of rotatable bonds is 4. The molecule has 1 N–H and O–H groups in total. The number of nitrogens with one attached hydrogen (secondary N) is 1. The van der Waals surface area contributed by atoms with Gasteiger partial charge in [0.05, 0.1) is 10.6 Å². The molecule has 5 nitrogen and oxygen atoms in total. The number of aryl methyl sites for hydroxylation is 1. The van der Waals surface area contributed by atoms with Gasteiger partial charge in [0, 0.05) is 11.6 Å². The number of nitrogens with zero attached hydrogens (tertiary/aromatic N) is 2. The van der Waals surface area contributed by atoms with Crippen molar-refractivity contribution in [1.82, 2.24) is 9.97 Å². The van der Waals surface area contributed by atoms with E-state index in [4.69, 9.17) is 0 Å². The van der Waals surface area contributed by atoms with E-state index in [1.54, 1.807) is 35.8 Å². The summed E-state index contributed by atoms with van der Waals surface area (Å²) in [7, 11) is -3.62. The summed E-state index contributed by atoms with van der Waals surface area (Å²) in [6.07, 6.45) is 1.67. The summed E-state index contributed by atoms with van der Waals surface area (Å²) in [6, 6.07) is 12.2. The molecular formula is C15H13N3O2S2. The first kappa shape index (κ1) is 14.7. The molecule has 0 radical (unpaired) electrons. The largest absolute Gasteiger partial charge is 0.263 e. The van der Waals surface area contributed by atoms with Crippen LogP contribution in [0.2, 0.25) is 0 Å². The number of sulfonamides is 1. The standard InChI is InChI=1S/C15H13N3O2S2/c1-11-5-7-12(8-6-11)22(19,20)18-15-17-14(10-21-15)13-4-2-3-9-16-13/h2-10H,1H3,(H,17,18). The van der Waals surface area contributed by atoms with Crippen LogP contribution in [0, 0.1) is 6.92 Å². The van der Waals surface area contributed by atoms with Crippen LogP contribution < -0.4 is 4.72 Å². The van der Waals surface area contributed by atoms with E-state index in [-0.39, 0.29) is 4.90 Å². The molecule has 2 heterocycles. The first-order valence-electron chi connectivity index (χ1n) is 6.51. The minimum Gasteiger partial charge on any atom is -0.255 e. The molecule has 2 aromatic heterocycles. The van der Waals surface area contributed by atoms with Crippen molar-refractivity contribution >= 4 is 26.5 Å². The molecule has 7 heteroatoms. The van der Waals surface area contributed by atoms with Crippen LogP contribution >= 0.6 is 11.3 Å². The van der Waals surface area contributed by atoms with E-state index in [0.717, 1.165) is 5.56 Å². The third-order valence-electron chi connectivity index (χ3n) is 2.98. The van der Waals surface area contributed by atoms with E-state index >= 15 is 0 Å². The van der Waals surface area contributed by atoms with E-state index in [1.807, 2.05) is 25.1 Å². The molecule has 0 spiro atoms. The predicted molar refractivity (Wildman–Crippen MR) is 87.3 cm³/mol. The lowest BCUT2D eigenvalue weighted by Crippen LogP contribution is -2.12. The Labute approximate surface area is 132 Å².